The molecule has 0 saturated heterocycles. The molecule has 1 heterocycles. The van der Waals surface area contributed by atoms with E-state index in [-0.39, 0.29) is 0 Å². The number of halogens is 1. The molecular formula is C14H16BrNS. The lowest BCUT2D eigenvalue weighted by Crippen LogP contribution is -2.27. The van der Waals surface area contributed by atoms with Gasteiger partial charge in [0.25, 0.3) is 0 Å². The average Bonchev–Trinajstić information content (AvgIpc) is 2.81. The van der Waals surface area contributed by atoms with Gasteiger partial charge in [0.05, 0.1) is 0 Å². The minimum atomic E-state index is 0.508. The zero-order valence-corrected chi connectivity index (χ0v) is 12.2. The predicted molar refractivity (Wildman–Crippen MR) is 78.5 cm³/mol. The van der Waals surface area contributed by atoms with Gasteiger partial charge in [-0.1, -0.05) is 28.1 Å². The summed E-state index contributed by atoms with van der Waals surface area (Å²) in [6.45, 7) is 3.16. The lowest BCUT2D eigenvalue weighted by atomic mass is 10.1. The van der Waals surface area contributed by atoms with Crippen LogP contribution in [0.1, 0.15) is 18.1 Å². The molecule has 1 N–H and O–H groups in total. The molecule has 2 aromatic rings. The van der Waals surface area contributed by atoms with Crippen LogP contribution in [0.25, 0.3) is 0 Å². The van der Waals surface area contributed by atoms with Crippen LogP contribution in [0.15, 0.2) is 45.6 Å². The van der Waals surface area contributed by atoms with Crippen molar-refractivity contribution in [2.75, 3.05) is 0 Å². The SMILES string of the molecule is CC(Cc1ccsc1)NCc1ccc(Br)cc1. The van der Waals surface area contributed by atoms with E-state index in [0.717, 1.165) is 17.4 Å². The summed E-state index contributed by atoms with van der Waals surface area (Å²) in [5.74, 6) is 0. The molecule has 17 heavy (non-hydrogen) atoms. The first-order chi connectivity index (χ1) is 8.24. The maximum Gasteiger partial charge on any atom is 0.0208 e. The fourth-order valence-electron chi connectivity index (χ4n) is 1.73. The van der Waals surface area contributed by atoms with Crippen molar-refractivity contribution >= 4 is 27.3 Å². The third-order valence-electron chi connectivity index (χ3n) is 2.69. The summed E-state index contributed by atoms with van der Waals surface area (Å²) in [6, 6.07) is 11.2. The van der Waals surface area contributed by atoms with Crippen LogP contribution < -0.4 is 5.32 Å². The first-order valence-electron chi connectivity index (χ1n) is 5.73. The molecule has 1 aromatic carbocycles. The van der Waals surface area contributed by atoms with E-state index in [1.54, 1.807) is 11.3 Å². The van der Waals surface area contributed by atoms with Crippen molar-refractivity contribution in [3.63, 3.8) is 0 Å². The topological polar surface area (TPSA) is 12.0 Å². The van der Waals surface area contributed by atoms with Crippen molar-refractivity contribution in [3.05, 3.63) is 56.7 Å². The number of hydrogen-bond donors (Lipinski definition) is 1. The second-order valence-electron chi connectivity index (χ2n) is 4.24. The van der Waals surface area contributed by atoms with Gasteiger partial charge in [0.2, 0.25) is 0 Å². The number of nitrogens with one attached hydrogen (secondary N) is 1. The van der Waals surface area contributed by atoms with Crippen LogP contribution in [-0.4, -0.2) is 6.04 Å². The minimum absolute atomic E-state index is 0.508. The third-order valence-corrected chi connectivity index (χ3v) is 3.95. The van der Waals surface area contributed by atoms with Gasteiger partial charge in [0.1, 0.15) is 0 Å². The molecule has 1 aromatic heterocycles. The molecule has 90 valence electrons. The summed E-state index contributed by atoms with van der Waals surface area (Å²) in [6.07, 6.45) is 1.10. The van der Waals surface area contributed by atoms with Crippen LogP contribution in [0.5, 0.6) is 0 Å². The molecule has 0 bridgehead atoms. The van der Waals surface area contributed by atoms with Crippen LogP contribution in [0, 0.1) is 0 Å². The second kappa shape index (κ2) is 6.34. The molecule has 0 aliphatic carbocycles. The molecule has 1 nitrogen and oxygen atoms in total. The highest BCUT2D eigenvalue weighted by molar-refractivity contribution is 9.10. The van der Waals surface area contributed by atoms with E-state index in [1.807, 2.05) is 0 Å². The van der Waals surface area contributed by atoms with E-state index in [4.69, 9.17) is 0 Å². The van der Waals surface area contributed by atoms with Gasteiger partial charge in [-0.15, -0.1) is 0 Å². The first kappa shape index (κ1) is 12.8. The molecule has 0 aliphatic rings. The summed E-state index contributed by atoms with van der Waals surface area (Å²) in [5.41, 5.74) is 2.75. The molecule has 0 spiro atoms. The molecule has 1 unspecified atom stereocenters. The Labute approximate surface area is 115 Å². The highest BCUT2D eigenvalue weighted by Crippen LogP contribution is 2.11. The molecule has 2 rings (SSSR count). The number of benzene rings is 1. The Morgan fingerprint density at radius 1 is 1.18 bits per heavy atom. The van der Waals surface area contributed by atoms with Gasteiger partial charge in [0.15, 0.2) is 0 Å². The minimum Gasteiger partial charge on any atom is -0.310 e. The van der Waals surface area contributed by atoms with Gasteiger partial charge in [-0.3, -0.25) is 0 Å². The van der Waals surface area contributed by atoms with Gasteiger partial charge in [-0.2, -0.15) is 11.3 Å². The summed E-state index contributed by atoms with van der Waals surface area (Å²) in [4.78, 5) is 0. The lowest BCUT2D eigenvalue weighted by Gasteiger charge is -2.13. The summed E-state index contributed by atoms with van der Waals surface area (Å²) < 4.78 is 1.13. The highest BCUT2D eigenvalue weighted by Gasteiger charge is 2.03. The van der Waals surface area contributed by atoms with Crippen LogP contribution in [0.2, 0.25) is 0 Å². The monoisotopic (exact) mass is 309 g/mol. The number of thiophene rings is 1. The normalized spacial score (nSPS) is 12.6. The van der Waals surface area contributed by atoms with Gasteiger partial charge >= 0.3 is 0 Å². The molecule has 0 aliphatic heterocycles. The van der Waals surface area contributed by atoms with Crippen molar-refractivity contribution in [2.24, 2.45) is 0 Å². The standard InChI is InChI=1S/C14H16BrNS/c1-11(8-13-6-7-17-10-13)16-9-12-2-4-14(15)5-3-12/h2-7,10-11,16H,8-9H2,1H3. The van der Waals surface area contributed by atoms with E-state index < -0.39 is 0 Å². The van der Waals surface area contributed by atoms with E-state index in [0.29, 0.717) is 6.04 Å². The van der Waals surface area contributed by atoms with Gasteiger partial charge in [0, 0.05) is 17.1 Å². The fourth-order valence-corrected chi connectivity index (χ4v) is 2.67. The summed E-state index contributed by atoms with van der Waals surface area (Å²) in [7, 11) is 0. The first-order valence-corrected chi connectivity index (χ1v) is 7.46. The average molecular weight is 310 g/mol. The van der Waals surface area contributed by atoms with E-state index >= 15 is 0 Å². The van der Waals surface area contributed by atoms with Crippen molar-refractivity contribution < 1.29 is 0 Å². The number of rotatable bonds is 5. The smallest absolute Gasteiger partial charge is 0.0208 e. The molecule has 0 amide bonds. The van der Waals surface area contributed by atoms with Crippen LogP contribution in [-0.2, 0) is 13.0 Å². The fraction of sp³-hybridized carbons (Fsp3) is 0.286. The Morgan fingerprint density at radius 2 is 1.94 bits per heavy atom. The largest absolute Gasteiger partial charge is 0.310 e. The maximum absolute atomic E-state index is 3.55. The van der Waals surface area contributed by atoms with Crippen molar-refractivity contribution in [1.82, 2.24) is 5.32 Å². The van der Waals surface area contributed by atoms with Crippen molar-refractivity contribution in [1.29, 1.82) is 0 Å². The summed E-state index contributed by atoms with van der Waals surface area (Å²) >= 11 is 5.21. The van der Waals surface area contributed by atoms with Crippen LogP contribution >= 0.6 is 27.3 Å². The zero-order valence-electron chi connectivity index (χ0n) is 9.82. The van der Waals surface area contributed by atoms with Gasteiger partial charge < -0.3 is 5.32 Å². The predicted octanol–water partition coefficient (Wildman–Crippen LogP) is 4.23. The molecule has 0 fully saturated rings. The Bertz CT molecular complexity index is 436. The van der Waals surface area contributed by atoms with Crippen LogP contribution in [0.3, 0.4) is 0 Å². The van der Waals surface area contributed by atoms with E-state index in [9.17, 15) is 0 Å². The highest BCUT2D eigenvalue weighted by atomic mass is 79.9. The van der Waals surface area contributed by atoms with Crippen LogP contribution in [0.4, 0.5) is 0 Å². The Morgan fingerprint density at radius 3 is 2.59 bits per heavy atom. The molecular weight excluding hydrogens is 294 g/mol. The van der Waals surface area contributed by atoms with Gasteiger partial charge in [-0.05, 0) is 53.4 Å². The maximum atomic E-state index is 3.55. The molecule has 3 heteroatoms. The third kappa shape index (κ3) is 4.26. The second-order valence-corrected chi connectivity index (χ2v) is 5.94. The number of hydrogen-bond acceptors (Lipinski definition) is 2. The lowest BCUT2D eigenvalue weighted by molar-refractivity contribution is 0.546. The van der Waals surface area contributed by atoms with Crippen molar-refractivity contribution in [3.8, 4) is 0 Å². The van der Waals surface area contributed by atoms with E-state index in [2.05, 4.69) is 69.3 Å². The molecule has 1 atom stereocenters. The zero-order chi connectivity index (χ0) is 12.1. The van der Waals surface area contributed by atoms with E-state index in [1.165, 1.54) is 11.1 Å². The molecule has 0 radical (unpaired) electrons. The molecule has 0 saturated carbocycles. The van der Waals surface area contributed by atoms with Gasteiger partial charge in [-0.25, -0.2) is 0 Å². The van der Waals surface area contributed by atoms with Crippen molar-refractivity contribution in [2.45, 2.75) is 25.9 Å². The quantitative estimate of drug-likeness (QED) is 0.871. The Kier molecular flexibility index (Phi) is 4.77. The Hall–Kier alpha value is -0.640. The summed E-state index contributed by atoms with van der Waals surface area (Å²) in [5, 5.41) is 7.90. The Balaban J connectivity index is 1.79.